The van der Waals surface area contributed by atoms with Gasteiger partial charge in [-0.1, -0.05) is 137 Å². The molecule has 2 N–H and O–H groups in total. The Kier molecular flexibility index (Phi) is 15.8. The monoisotopic (exact) mass is 1070 g/mol. The molecule has 3 aromatic heterocycles. The molecule has 0 radical (unpaired) electrons. The molecule has 6 aromatic carbocycles. The van der Waals surface area contributed by atoms with Gasteiger partial charge in [-0.3, -0.25) is 14.2 Å². The molecule has 0 fully saturated rings. The van der Waals surface area contributed by atoms with Gasteiger partial charge in [-0.2, -0.15) is 5.26 Å². The number of carboxylic acid groups (broad SMARTS) is 2. The molecule has 0 amide bonds. The van der Waals surface area contributed by atoms with Crippen molar-refractivity contribution in [3.63, 3.8) is 0 Å². The zero-order valence-corrected chi connectivity index (χ0v) is 45.4. The van der Waals surface area contributed by atoms with Crippen molar-refractivity contribution >= 4 is 98.5 Å². The van der Waals surface area contributed by atoms with Crippen LogP contribution in [0, 0.1) is 11.3 Å². The summed E-state index contributed by atoms with van der Waals surface area (Å²) in [4.78, 5) is 41.3. The molecule has 0 saturated heterocycles. The molecule has 0 bridgehead atoms. The van der Waals surface area contributed by atoms with Crippen LogP contribution in [-0.2, 0) is 29.0 Å². The van der Waals surface area contributed by atoms with E-state index in [1.165, 1.54) is 22.5 Å². The highest BCUT2D eigenvalue weighted by atomic mass is 32.1. The molecule has 10 rings (SSSR count). The Morgan fingerprint density at radius 1 is 0.658 bits per heavy atom. The van der Waals surface area contributed by atoms with Gasteiger partial charge < -0.3 is 24.6 Å². The third kappa shape index (κ3) is 10.2. The lowest BCUT2D eigenvalue weighted by atomic mass is 9.90. The van der Waals surface area contributed by atoms with E-state index in [-0.39, 0.29) is 9.20 Å². The first-order valence-corrected chi connectivity index (χ1v) is 28.8. The second-order valence-corrected chi connectivity index (χ2v) is 22.3. The molecular weight excluding hydrogens is 1010 g/mol. The highest BCUT2D eigenvalue weighted by Gasteiger charge is 2.29. The van der Waals surface area contributed by atoms with Gasteiger partial charge in [0.15, 0.2) is 5.57 Å². The second kappa shape index (κ2) is 23.2. The van der Waals surface area contributed by atoms with Crippen LogP contribution in [0.15, 0.2) is 120 Å². The van der Waals surface area contributed by atoms with Crippen LogP contribution >= 0.6 is 34.0 Å². The molecule has 4 heterocycles. The Balaban J connectivity index is 1.29. The molecule has 13 heteroatoms. The van der Waals surface area contributed by atoms with Crippen LogP contribution in [0.5, 0.6) is 11.5 Å². The summed E-state index contributed by atoms with van der Waals surface area (Å²) in [6, 6.07) is 42.3. The number of thiophene rings is 2. The maximum absolute atomic E-state index is 14.4. The molecule has 1 aliphatic rings. The van der Waals surface area contributed by atoms with E-state index in [0.29, 0.717) is 24.5 Å². The summed E-state index contributed by atoms with van der Waals surface area (Å²) in [5.41, 5.74) is 10.2. The van der Waals surface area contributed by atoms with Gasteiger partial charge in [0.05, 0.1) is 37.9 Å². The van der Waals surface area contributed by atoms with E-state index in [0.717, 1.165) is 155 Å². The standard InChI is InChI=1S/C63H59N3O7S3/c1-4-7-9-19-31-72-57-46(36-52-61(69)66(38-53(67)68)62(76-52)47(37-64)63(70)71)44(39-21-13-11-14-22-39)34-50-55(57)59-60(74-50)56-51(75-59)35-45(40-23-15-12-16-24-40)54(58(56)73-32-20-10-8-5-2)43-29-30-49-42(33-43)28-27-41-25-17-18-26-48(41)65(49)6-3/h11-18,21-26,29-30,33-36H,4-10,19-20,27-28,31-32,38H2,1-3H3,(H,67,68)(H,70,71)/b52-36+,62-47+. The lowest BCUT2D eigenvalue weighted by Crippen LogP contribution is -2.35. The number of fused-ring (bicyclic) bond motifs is 7. The van der Waals surface area contributed by atoms with Gasteiger partial charge in [-0.15, -0.1) is 34.0 Å². The number of nitrogens with zero attached hydrogens (tertiary/aromatic N) is 3. The second-order valence-electron chi connectivity index (χ2n) is 19.2. The summed E-state index contributed by atoms with van der Waals surface area (Å²) in [5, 5.41) is 31.8. The number of hydrogen-bond donors (Lipinski definition) is 2. The smallest absolute Gasteiger partial charge is 0.349 e. The molecule has 10 nitrogen and oxygen atoms in total. The minimum absolute atomic E-state index is 0.0722. The first-order valence-electron chi connectivity index (χ1n) is 26.3. The van der Waals surface area contributed by atoms with E-state index in [1.54, 1.807) is 34.8 Å². The van der Waals surface area contributed by atoms with Crippen LogP contribution in [0.2, 0.25) is 0 Å². The number of ether oxygens (including phenoxy) is 2. The minimum atomic E-state index is -1.55. The summed E-state index contributed by atoms with van der Waals surface area (Å²) >= 11 is 4.18. The van der Waals surface area contributed by atoms with Crippen LogP contribution in [0.1, 0.15) is 88.8 Å². The van der Waals surface area contributed by atoms with Crippen molar-refractivity contribution in [3.8, 4) is 50.9 Å². The van der Waals surface area contributed by atoms with E-state index in [4.69, 9.17) is 9.47 Å². The van der Waals surface area contributed by atoms with E-state index in [1.807, 2.05) is 36.4 Å². The van der Waals surface area contributed by atoms with Gasteiger partial charge >= 0.3 is 11.9 Å². The van der Waals surface area contributed by atoms with E-state index >= 15 is 0 Å². The Morgan fingerprint density at radius 3 is 1.86 bits per heavy atom. The largest absolute Gasteiger partial charge is 0.492 e. The van der Waals surface area contributed by atoms with E-state index in [9.17, 15) is 29.9 Å². The Hall–Kier alpha value is -7.50. The summed E-state index contributed by atoms with van der Waals surface area (Å²) in [6.45, 7) is 7.57. The van der Waals surface area contributed by atoms with Crippen molar-refractivity contribution in [1.82, 2.24) is 4.57 Å². The average molecular weight is 1070 g/mol. The molecule has 0 spiro atoms. The first kappa shape index (κ1) is 52.0. The number of anilines is 2. The Bertz CT molecular complexity index is 3880. The van der Waals surface area contributed by atoms with Gasteiger partial charge in [0.25, 0.3) is 5.56 Å². The van der Waals surface area contributed by atoms with Crippen LogP contribution in [0.4, 0.5) is 11.4 Å². The lowest BCUT2D eigenvalue weighted by molar-refractivity contribution is -0.138. The molecule has 0 saturated carbocycles. The van der Waals surface area contributed by atoms with Crippen molar-refractivity contribution in [3.05, 3.63) is 152 Å². The summed E-state index contributed by atoms with van der Waals surface area (Å²) in [7, 11) is 0. The highest BCUT2D eigenvalue weighted by molar-refractivity contribution is 7.36. The van der Waals surface area contributed by atoms with Crippen LogP contribution in [0.3, 0.4) is 0 Å². The normalized spacial score (nSPS) is 12.9. The number of thiazole rings is 1. The fraction of sp³-hybridized carbons (Fsp3) is 0.270. The predicted octanol–water partition coefficient (Wildman–Crippen LogP) is 14.3. The molecular formula is C63H59N3O7S3. The maximum atomic E-state index is 14.4. The SMILES string of the molecule is CCCCCCOc1c(/C=c2/s/c(=C(\C#N)C(=O)O)n(CC(=O)O)c2=O)c(-c2ccccc2)cc2sc3c(sc4cc(-c5ccccc5)c(-c5ccc6c(c5)CCc5ccccc5N6CC)c(OCCCCCC)c43)c12. The number of unbranched alkanes of at least 4 members (excludes halogenated alkanes) is 6. The third-order valence-electron chi connectivity index (χ3n) is 14.2. The van der Waals surface area contributed by atoms with Crippen molar-refractivity contribution in [1.29, 1.82) is 5.26 Å². The number of aryl methyl sites for hydroxylation is 2. The predicted molar refractivity (Wildman–Crippen MR) is 313 cm³/mol. The number of rotatable bonds is 20. The number of carboxylic acids is 2. The highest BCUT2D eigenvalue weighted by Crippen LogP contribution is 2.56. The van der Waals surface area contributed by atoms with Gasteiger partial charge in [0.1, 0.15) is 28.8 Å². The van der Waals surface area contributed by atoms with Crippen molar-refractivity contribution in [2.75, 3.05) is 24.7 Å². The molecule has 386 valence electrons. The quantitative estimate of drug-likeness (QED) is 0.0713. The number of benzene rings is 6. The Morgan fingerprint density at radius 2 is 1.24 bits per heavy atom. The van der Waals surface area contributed by atoms with Crippen molar-refractivity contribution in [2.24, 2.45) is 0 Å². The maximum Gasteiger partial charge on any atom is 0.349 e. The number of aromatic nitrogens is 1. The minimum Gasteiger partial charge on any atom is -0.492 e. The van der Waals surface area contributed by atoms with Crippen LogP contribution < -0.4 is 29.1 Å². The lowest BCUT2D eigenvalue weighted by Gasteiger charge is -2.26. The number of nitriles is 1. The van der Waals surface area contributed by atoms with Gasteiger partial charge in [-0.25, -0.2) is 4.79 Å². The van der Waals surface area contributed by atoms with Crippen LogP contribution in [-0.4, -0.2) is 46.5 Å². The Labute approximate surface area is 453 Å². The molecule has 76 heavy (non-hydrogen) atoms. The van der Waals surface area contributed by atoms with Crippen molar-refractivity contribution < 1.29 is 29.3 Å². The molecule has 0 aliphatic carbocycles. The summed E-state index contributed by atoms with van der Waals surface area (Å²) in [5.74, 6) is -1.48. The third-order valence-corrected chi connectivity index (χ3v) is 17.8. The average Bonchev–Trinajstić information content (AvgIpc) is 4.03. The zero-order chi connectivity index (χ0) is 52.9. The number of para-hydroxylation sites is 1. The number of hydrogen-bond acceptors (Lipinski definition) is 10. The molecule has 1 aliphatic heterocycles. The number of carbonyl (C=O) groups is 2. The molecule has 0 atom stereocenters. The topological polar surface area (TPSA) is 142 Å². The van der Waals surface area contributed by atoms with Gasteiger partial charge in [-0.05, 0) is 108 Å². The fourth-order valence-electron chi connectivity index (χ4n) is 10.6. The van der Waals surface area contributed by atoms with E-state index < -0.39 is 29.6 Å². The van der Waals surface area contributed by atoms with E-state index in [2.05, 4.69) is 105 Å². The van der Waals surface area contributed by atoms with Gasteiger partial charge in [0.2, 0.25) is 0 Å². The number of aliphatic carboxylic acids is 2. The van der Waals surface area contributed by atoms with Gasteiger partial charge in [0, 0.05) is 38.4 Å². The summed E-state index contributed by atoms with van der Waals surface area (Å²) < 4.78 is 19.2. The fourth-order valence-corrected chi connectivity index (χ4v) is 14.4. The van der Waals surface area contributed by atoms with Crippen molar-refractivity contribution in [2.45, 2.75) is 91.5 Å². The molecule has 0 unspecified atom stereocenters. The first-order chi connectivity index (χ1) is 37.1. The molecule has 9 aromatic rings. The van der Waals surface area contributed by atoms with Crippen LogP contribution in [0.25, 0.3) is 74.6 Å². The summed E-state index contributed by atoms with van der Waals surface area (Å²) in [6.07, 6.45) is 11.6. The zero-order valence-electron chi connectivity index (χ0n) is 42.9.